The summed E-state index contributed by atoms with van der Waals surface area (Å²) < 4.78 is 64.8. The molecule has 0 unspecified atom stereocenters. The number of hydrogen-bond donors (Lipinski definition) is 0. The fourth-order valence-corrected chi connectivity index (χ4v) is 2.08. The van der Waals surface area contributed by atoms with Crippen molar-refractivity contribution in [1.82, 2.24) is 9.97 Å². The number of aromatic nitrogens is 3. The molecular weight excluding hydrogens is 335 g/mol. The van der Waals surface area contributed by atoms with Crippen molar-refractivity contribution in [3.63, 3.8) is 0 Å². The highest BCUT2D eigenvalue weighted by Gasteiger charge is 2.49. The SMILES string of the molecule is Cc1nc(OS(=O)(=O)C(F)(F)F)c2cc(Cl)[n+](C)cc2n1. The molecule has 114 valence electrons. The van der Waals surface area contributed by atoms with Crippen LogP contribution in [0.15, 0.2) is 12.3 Å². The summed E-state index contributed by atoms with van der Waals surface area (Å²) >= 11 is 5.84. The topological polar surface area (TPSA) is 73.0 Å². The minimum atomic E-state index is -5.82. The van der Waals surface area contributed by atoms with Crippen molar-refractivity contribution < 1.29 is 30.3 Å². The summed E-state index contributed by atoms with van der Waals surface area (Å²) in [6, 6.07) is 1.22. The Morgan fingerprint density at radius 2 is 1.95 bits per heavy atom. The first-order valence-corrected chi connectivity index (χ1v) is 7.14. The van der Waals surface area contributed by atoms with Gasteiger partial charge in [0.25, 0.3) is 5.15 Å². The van der Waals surface area contributed by atoms with Gasteiger partial charge < -0.3 is 4.18 Å². The summed E-state index contributed by atoms with van der Waals surface area (Å²) in [7, 11) is -4.23. The summed E-state index contributed by atoms with van der Waals surface area (Å²) in [6.45, 7) is 1.39. The van der Waals surface area contributed by atoms with Gasteiger partial charge in [-0.05, 0) is 18.5 Å². The van der Waals surface area contributed by atoms with E-state index in [2.05, 4.69) is 14.2 Å². The molecule has 2 aromatic rings. The normalized spacial score (nSPS) is 12.7. The molecule has 6 nitrogen and oxygen atoms in total. The van der Waals surface area contributed by atoms with Gasteiger partial charge in [0.05, 0.1) is 5.39 Å². The van der Waals surface area contributed by atoms with Crippen LogP contribution in [-0.4, -0.2) is 23.9 Å². The predicted octanol–water partition coefficient (Wildman–Crippen LogP) is 1.64. The third-order valence-electron chi connectivity index (χ3n) is 2.44. The summed E-state index contributed by atoms with van der Waals surface area (Å²) in [5.41, 5.74) is -5.36. The van der Waals surface area contributed by atoms with Crippen molar-refractivity contribution in [3.8, 4) is 5.88 Å². The third-order valence-corrected chi connectivity index (χ3v) is 3.76. The Hall–Kier alpha value is -1.68. The number of aryl methyl sites for hydroxylation is 2. The van der Waals surface area contributed by atoms with E-state index in [-0.39, 0.29) is 21.9 Å². The second-order valence-electron chi connectivity index (χ2n) is 4.07. The number of hydrogen-bond acceptors (Lipinski definition) is 5. The molecule has 2 rings (SSSR count). The number of rotatable bonds is 2. The molecule has 0 radical (unpaired) electrons. The van der Waals surface area contributed by atoms with Gasteiger partial charge in [0.1, 0.15) is 18.4 Å². The lowest BCUT2D eigenvalue weighted by atomic mass is 10.3. The fraction of sp³-hybridized carbons (Fsp3) is 0.300. The van der Waals surface area contributed by atoms with E-state index in [4.69, 9.17) is 11.6 Å². The average molecular weight is 343 g/mol. The number of halogens is 4. The minimum absolute atomic E-state index is 0.0449. The van der Waals surface area contributed by atoms with E-state index in [1.807, 2.05) is 0 Å². The lowest BCUT2D eigenvalue weighted by Crippen LogP contribution is -2.30. The lowest BCUT2D eigenvalue weighted by Gasteiger charge is -2.10. The maximum atomic E-state index is 12.4. The number of fused-ring (bicyclic) bond motifs is 1. The second-order valence-corrected chi connectivity index (χ2v) is 5.99. The van der Waals surface area contributed by atoms with E-state index in [0.29, 0.717) is 0 Å². The molecule has 0 bridgehead atoms. The van der Waals surface area contributed by atoms with Crippen LogP contribution in [0.25, 0.3) is 10.9 Å². The first kappa shape index (κ1) is 15.7. The molecule has 21 heavy (non-hydrogen) atoms. The smallest absolute Gasteiger partial charge is 0.354 e. The van der Waals surface area contributed by atoms with Gasteiger partial charge in [-0.15, -0.1) is 0 Å². The summed E-state index contributed by atoms with van der Waals surface area (Å²) in [5, 5.41) is 0.0979. The van der Waals surface area contributed by atoms with Crippen molar-refractivity contribution >= 4 is 32.6 Å². The van der Waals surface area contributed by atoms with E-state index < -0.39 is 21.5 Å². The monoisotopic (exact) mass is 342 g/mol. The molecule has 0 aliphatic heterocycles. The Labute approximate surface area is 122 Å². The fourth-order valence-electron chi connectivity index (χ4n) is 1.49. The van der Waals surface area contributed by atoms with Crippen LogP contribution in [0.4, 0.5) is 13.2 Å². The molecule has 2 heterocycles. The number of alkyl halides is 3. The van der Waals surface area contributed by atoms with Gasteiger partial charge >= 0.3 is 15.6 Å². The van der Waals surface area contributed by atoms with Crippen LogP contribution >= 0.6 is 11.6 Å². The van der Waals surface area contributed by atoms with Gasteiger partial charge in [-0.2, -0.15) is 31.1 Å². The van der Waals surface area contributed by atoms with Gasteiger partial charge in [-0.25, -0.2) is 4.98 Å². The average Bonchev–Trinajstić information content (AvgIpc) is 2.29. The Bertz CT molecular complexity index is 824. The van der Waals surface area contributed by atoms with E-state index in [0.717, 1.165) is 0 Å². The zero-order valence-corrected chi connectivity index (χ0v) is 12.2. The molecule has 0 saturated heterocycles. The lowest BCUT2D eigenvalue weighted by molar-refractivity contribution is -0.668. The number of nitrogens with zero attached hydrogens (tertiary/aromatic N) is 3. The van der Waals surface area contributed by atoms with Crippen LogP contribution in [0, 0.1) is 6.92 Å². The molecular formula is C10H8ClF3N3O3S+. The second kappa shape index (κ2) is 4.95. The number of pyridine rings is 1. The highest BCUT2D eigenvalue weighted by atomic mass is 35.5. The summed E-state index contributed by atoms with van der Waals surface area (Å²) in [6.07, 6.45) is 1.42. The Morgan fingerprint density at radius 1 is 1.33 bits per heavy atom. The highest BCUT2D eigenvalue weighted by molar-refractivity contribution is 7.88. The molecule has 0 fully saturated rings. The zero-order valence-electron chi connectivity index (χ0n) is 10.6. The predicted molar refractivity (Wildman–Crippen MR) is 66.1 cm³/mol. The van der Waals surface area contributed by atoms with Crippen LogP contribution in [0.5, 0.6) is 5.88 Å². The van der Waals surface area contributed by atoms with Gasteiger partial charge in [0, 0.05) is 6.07 Å². The minimum Gasteiger partial charge on any atom is -0.354 e. The van der Waals surface area contributed by atoms with Gasteiger partial charge in [-0.3, -0.25) is 0 Å². The van der Waals surface area contributed by atoms with Gasteiger partial charge in [0.2, 0.25) is 5.88 Å². The third kappa shape index (κ3) is 3.00. The Kier molecular flexibility index (Phi) is 3.70. The molecule has 0 N–H and O–H groups in total. The molecule has 0 spiro atoms. The van der Waals surface area contributed by atoms with E-state index >= 15 is 0 Å². The van der Waals surface area contributed by atoms with Crippen molar-refractivity contribution in [2.75, 3.05) is 0 Å². The first-order valence-electron chi connectivity index (χ1n) is 5.35. The van der Waals surface area contributed by atoms with Crippen LogP contribution in [0.3, 0.4) is 0 Å². The molecule has 0 aliphatic carbocycles. The van der Waals surface area contributed by atoms with Crippen LogP contribution in [0.1, 0.15) is 5.82 Å². The largest absolute Gasteiger partial charge is 0.534 e. The van der Waals surface area contributed by atoms with Crippen molar-refractivity contribution in [2.24, 2.45) is 7.05 Å². The Balaban J connectivity index is 2.67. The Morgan fingerprint density at radius 3 is 2.52 bits per heavy atom. The maximum absolute atomic E-state index is 12.4. The van der Waals surface area contributed by atoms with E-state index in [1.54, 1.807) is 7.05 Å². The van der Waals surface area contributed by atoms with Crippen molar-refractivity contribution in [1.29, 1.82) is 0 Å². The summed E-state index contributed by atoms with van der Waals surface area (Å²) in [4.78, 5) is 7.57. The maximum Gasteiger partial charge on any atom is 0.534 e. The molecule has 0 aliphatic rings. The van der Waals surface area contributed by atoms with Crippen LogP contribution in [0.2, 0.25) is 5.15 Å². The van der Waals surface area contributed by atoms with E-state index in [9.17, 15) is 21.6 Å². The molecule has 0 amide bonds. The highest BCUT2D eigenvalue weighted by Crippen LogP contribution is 2.30. The van der Waals surface area contributed by atoms with Crippen LogP contribution < -0.4 is 8.75 Å². The van der Waals surface area contributed by atoms with Gasteiger partial charge in [-0.1, -0.05) is 0 Å². The van der Waals surface area contributed by atoms with Crippen LogP contribution in [-0.2, 0) is 17.2 Å². The summed E-state index contributed by atoms with van der Waals surface area (Å²) in [5.74, 6) is -0.672. The standard InChI is InChI=1S/C10H8ClF3N3O3S/c1-5-15-7-4-17(2)8(11)3-6(7)9(16-5)20-21(18,19)10(12,13)14/h3-4H,1-2H3/q+1. The quantitative estimate of drug-likeness (QED) is 0.359. The molecule has 2 aromatic heterocycles. The van der Waals surface area contributed by atoms with E-state index in [1.165, 1.54) is 23.8 Å². The van der Waals surface area contributed by atoms with Crippen molar-refractivity contribution in [3.05, 3.63) is 23.2 Å². The molecule has 0 atom stereocenters. The molecule has 0 aromatic carbocycles. The zero-order chi connectivity index (χ0) is 16.0. The first-order chi connectivity index (χ1) is 9.51. The molecule has 0 saturated carbocycles. The molecule has 11 heteroatoms. The van der Waals surface area contributed by atoms with Crippen molar-refractivity contribution in [2.45, 2.75) is 12.4 Å². The van der Waals surface area contributed by atoms with Gasteiger partial charge in [0.15, 0.2) is 6.20 Å².